The lowest BCUT2D eigenvalue weighted by Gasteiger charge is -2.07. The van der Waals surface area contributed by atoms with Gasteiger partial charge < -0.3 is 9.72 Å². The number of fused-ring (bicyclic) bond motifs is 1. The van der Waals surface area contributed by atoms with Gasteiger partial charge in [-0.2, -0.15) is 0 Å². The Labute approximate surface area is 129 Å². The van der Waals surface area contributed by atoms with Crippen molar-refractivity contribution in [2.45, 2.75) is 6.92 Å². The minimum Gasteiger partial charge on any atom is -0.496 e. The van der Waals surface area contributed by atoms with Crippen LogP contribution in [0.5, 0.6) is 5.75 Å². The van der Waals surface area contributed by atoms with Gasteiger partial charge in [0.1, 0.15) is 5.75 Å². The van der Waals surface area contributed by atoms with E-state index in [-0.39, 0.29) is 0 Å². The van der Waals surface area contributed by atoms with E-state index in [9.17, 15) is 0 Å². The molecular weight excluding hydrogens is 338 g/mol. The van der Waals surface area contributed by atoms with Crippen LogP contribution < -0.4 is 4.74 Å². The van der Waals surface area contributed by atoms with Gasteiger partial charge in [-0.3, -0.25) is 4.57 Å². The summed E-state index contributed by atoms with van der Waals surface area (Å²) < 4.78 is 8.65. The van der Waals surface area contributed by atoms with Gasteiger partial charge in [-0.1, -0.05) is 0 Å². The zero-order chi connectivity index (χ0) is 14.3. The lowest BCUT2D eigenvalue weighted by Crippen LogP contribution is -1.96. The van der Waals surface area contributed by atoms with Gasteiger partial charge in [0.25, 0.3) is 0 Å². The Morgan fingerprint density at radius 1 is 1.35 bits per heavy atom. The van der Waals surface area contributed by atoms with E-state index in [2.05, 4.69) is 25.9 Å². The van der Waals surface area contributed by atoms with E-state index in [0.717, 1.165) is 32.6 Å². The van der Waals surface area contributed by atoms with Crippen molar-refractivity contribution in [3.63, 3.8) is 0 Å². The second-order valence-electron chi connectivity index (χ2n) is 4.47. The third kappa shape index (κ3) is 2.14. The highest BCUT2D eigenvalue weighted by atomic mass is 79.9. The molecule has 0 aliphatic heterocycles. The molecule has 1 aromatic carbocycles. The Hall–Kier alpha value is -1.66. The van der Waals surface area contributed by atoms with Gasteiger partial charge >= 0.3 is 0 Å². The second-order valence-corrected chi connectivity index (χ2v) is 5.71. The number of halogens is 1. The SMILES string of the molecule is COc1ccc(-n2c(=S)[nH]c3cc(C)cnc32)cc1Br. The molecule has 0 amide bonds. The number of rotatable bonds is 2. The first-order valence-electron chi connectivity index (χ1n) is 6.01. The van der Waals surface area contributed by atoms with Gasteiger partial charge in [-0.25, -0.2) is 4.98 Å². The molecule has 0 saturated heterocycles. The van der Waals surface area contributed by atoms with Gasteiger partial charge in [0, 0.05) is 6.20 Å². The van der Waals surface area contributed by atoms with Crippen LogP contribution in [0.15, 0.2) is 34.9 Å². The van der Waals surface area contributed by atoms with Crippen LogP contribution in [0.1, 0.15) is 5.56 Å². The average Bonchev–Trinajstić information content (AvgIpc) is 2.73. The Kier molecular flexibility index (Phi) is 3.35. The predicted molar refractivity (Wildman–Crippen MR) is 85.2 cm³/mol. The monoisotopic (exact) mass is 349 g/mol. The molecule has 0 bridgehead atoms. The van der Waals surface area contributed by atoms with Crippen LogP contribution in [0.2, 0.25) is 0 Å². The van der Waals surface area contributed by atoms with Crippen LogP contribution in [0.4, 0.5) is 0 Å². The standard InChI is InChI=1S/C14H12BrN3OS/c1-8-5-11-13(16-7-8)18(14(20)17-11)9-3-4-12(19-2)10(15)6-9/h3-7H,1-2H3,(H,17,20). The zero-order valence-corrected chi connectivity index (χ0v) is 13.4. The van der Waals surface area contributed by atoms with Crippen molar-refractivity contribution in [3.8, 4) is 11.4 Å². The molecular formula is C14H12BrN3OS. The number of aromatic nitrogens is 3. The minimum atomic E-state index is 0.621. The summed E-state index contributed by atoms with van der Waals surface area (Å²) in [5.74, 6) is 0.781. The molecule has 2 aromatic heterocycles. The van der Waals surface area contributed by atoms with E-state index in [1.54, 1.807) is 7.11 Å². The van der Waals surface area contributed by atoms with E-state index >= 15 is 0 Å². The first kappa shape index (κ1) is 13.3. The summed E-state index contributed by atoms with van der Waals surface area (Å²) in [5.41, 5.74) is 3.78. The van der Waals surface area contributed by atoms with Crippen molar-refractivity contribution < 1.29 is 4.74 Å². The molecule has 0 aliphatic rings. The Morgan fingerprint density at radius 3 is 2.85 bits per heavy atom. The molecule has 20 heavy (non-hydrogen) atoms. The molecule has 4 nitrogen and oxygen atoms in total. The molecule has 6 heteroatoms. The number of hydrogen-bond acceptors (Lipinski definition) is 3. The average molecular weight is 350 g/mol. The lowest BCUT2D eigenvalue weighted by molar-refractivity contribution is 0.412. The molecule has 0 atom stereocenters. The van der Waals surface area contributed by atoms with E-state index in [1.807, 2.05) is 42.0 Å². The summed E-state index contributed by atoms with van der Waals surface area (Å²) in [7, 11) is 1.64. The maximum Gasteiger partial charge on any atom is 0.183 e. The highest BCUT2D eigenvalue weighted by Gasteiger charge is 2.10. The van der Waals surface area contributed by atoms with Crippen LogP contribution in [-0.4, -0.2) is 21.6 Å². The van der Waals surface area contributed by atoms with E-state index < -0.39 is 0 Å². The molecule has 2 heterocycles. The van der Waals surface area contributed by atoms with E-state index in [4.69, 9.17) is 17.0 Å². The molecule has 0 radical (unpaired) electrons. The molecule has 0 spiro atoms. The van der Waals surface area contributed by atoms with Crippen LogP contribution in [0.3, 0.4) is 0 Å². The summed E-state index contributed by atoms with van der Waals surface area (Å²) in [6, 6.07) is 7.85. The Bertz CT molecular complexity index is 853. The largest absolute Gasteiger partial charge is 0.496 e. The van der Waals surface area contributed by atoms with Gasteiger partial charge in [0.2, 0.25) is 0 Å². The van der Waals surface area contributed by atoms with Crippen molar-refractivity contribution >= 4 is 39.3 Å². The Balaban J connectivity index is 2.26. The zero-order valence-electron chi connectivity index (χ0n) is 11.0. The van der Waals surface area contributed by atoms with Crippen molar-refractivity contribution in [1.29, 1.82) is 0 Å². The van der Waals surface area contributed by atoms with Gasteiger partial charge in [0.05, 0.1) is 22.8 Å². The van der Waals surface area contributed by atoms with Crippen molar-refractivity contribution in [3.05, 3.63) is 45.3 Å². The summed E-state index contributed by atoms with van der Waals surface area (Å²) in [4.78, 5) is 7.65. The van der Waals surface area contributed by atoms with E-state index in [0.29, 0.717) is 4.77 Å². The fraction of sp³-hybridized carbons (Fsp3) is 0.143. The molecule has 3 rings (SSSR count). The molecule has 0 saturated carbocycles. The quantitative estimate of drug-likeness (QED) is 0.706. The van der Waals surface area contributed by atoms with Crippen LogP contribution in [0.25, 0.3) is 16.9 Å². The van der Waals surface area contributed by atoms with Crippen LogP contribution in [-0.2, 0) is 0 Å². The normalized spacial score (nSPS) is 10.9. The van der Waals surface area contributed by atoms with Gasteiger partial charge in [0.15, 0.2) is 10.4 Å². The number of nitrogens with one attached hydrogen (secondary N) is 1. The maximum absolute atomic E-state index is 5.40. The number of imidazole rings is 1. The third-order valence-electron chi connectivity index (χ3n) is 3.05. The summed E-state index contributed by atoms with van der Waals surface area (Å²) >= 11 is 8.89. The topological polar surface area (TPSA) is 42.8 Å². The number of H-pyrrole nitrogens is 1. The van der Waals surface area contributed by atoms with Crippen LogP contribution in [0, 0.1) is 11.7 Å². The smallest absolute Gasteiger partial charge is 0.183 e. The lowest BCUT2D eigenvalue weighted by atomic mass is 10.3. The molecule has 0 aliphatic carbocycles. The number of benzene rings is 1. The summed E-state index contributed by atoms with van der Waals surface area (Å²) in [5, 5.41) is 0. The molecule has 102 valence electrons. The van der Waals surface area contributed by atoms with Crippen molar-refractivity contribution in [1.82, 2.24) is 14.5 Å². The molecule has 1 N–H and O–H groups in total. The first-order valence-corrected chi connectivity index (χ1v) is 7.21. The fourth-order valence-electron chi connectivity index (χ4n) is 2.13. The minimum absolute atomic E-state index is 0.621. The summed E-state index contributed by atoms with van der Waals surface area (Å²) in [6.45, 7) is 2.00. The van der Waals surface area contributed by atoms with E-state index in [1.165, 1.54) is 0 Å². The van der Waals surface area contributed by atoms with Gasteiger partial charge in [-0.15, -0.1) is 0 Å². The highest BCUT2D eigenvalue weighted by Crippen LogP contribution is 2.28. The first-order chi connectivity index (χ1) is 9.60. The number of ether oxygens (including phenoxy) is 1. The number of methoxy groups -OCH3 is 1. The number of aryl methyl sites for hydroxylation is 1. The molecule has 0 fully saturated rings. The summed E-state index contributed by atoms with van der Waals surface area (Å²) in [6.07, 6.45) is 1.83. The Morgan fingerprint density at radius 2 is 2.15 bits per heavy atom. The number of hydrogen-bond donors (Lipinski definition) is 1. The number of aromatic amines is 1. The third-order valence-corrected chi connectivity index (χ3v) is 3.96. The van der Waals surface area contributed by atoms with Crippen molar-refractivity contribution in [2.24, 2.45) is 0 Å². The molecule has 0 unspecified atom stereocenters. The number of pyridine rings is 1. The maximum atomic E-state index is 5.40. The number of nitrogens with zero attached hydrogens (tertiary/aromatic N) is 2. The fourth-order valence-corrected chi connectivity index (χ4v) is 2.96. The van der Waals surface area contributed by atoms with Gasteiger partial charge in [-0.05, 0) is 64.9 Å². The van der Waals surface area contributed by atoms with Crippen molar-refractivity contribution in [2.75, 3.05) is 7.11 Å². The van der Waals surface area contributed by atoms with Crippen LogP contribution >= 0.6 is 28.1 Å². The highest BCUT2D eigenvalue weighted by molar-refractivity contribution is 9.10. The predicted octanol–water partition coefficient (Wildman–Crippen LogP) is 4.16. The second kappa shape index (κ2) is 5.03. The molecule has 3 aromatic rings.